The molecule has 3 aromatic rings. The standard InChI is InChI=1S/C20H16ClNO5/c1-10(23)14-9-15(21)19(25)18-13(14)6-5-12(22-18)4-3-11-7-16(24)20(26)17(8-11)27-2/h3-9,24-26H,1-2H3. The number of pyridine rings is 1. The summed E-state index contributed by atoms with van der Waals surface area (Å²) in [5.41, 5.74) is 1.68. The van der Waals surface area contributed by atoms with Gasteiger partial charge in [-0.1, -0.05) is 17.7 Å². The maximum Gasteiger partial charge on any atom is 0.200 e. The molecule has 0 aliphatic rings. The van der Waals surface area contributed by atoms with Crippen LogP contribution in [0.1, 0.15) is 28.5 Å². The van der Waals surface area contributed by atoms with Crippen LogP contribution < -0.4 is 4.74 Å². The highest BCUT2D eigenvalue weighted by Gasteiger charge is 2.14. The summed E-state index contributed by atoms with van der Waals surface area (Å²) < 4.78 is 5.00. The Kier molecular flexibility index (Phi) is 4.92. The second-order valence-electron chi connectivity index (χ2n) is 5.87. The normalized spacial score (nSPS) is 11.2. The fourth-order valence-electron chi connectivity index (χ4n) is 2.69. The quantitative estimate of drug-likeness (QED) is 0.455. The smallest absolute Gasteiger partial charge is 0.200 e. The Balaban J connectivity index is 2.06. The van der Waals surface area contributed by atoms with Crippen LogP contribution in [0.15, 0.2) is 30.3 Å². The van der Waals surface area contributed by atoms with E-state index in [0.717, 1.165) is 0 Å². The van der Waals surface area contributed by atoms with E-state index in [2.05, 4.69) is 4.98 Å². The number of ketones is 1. The molecular weight excluding hydrogens is 370 g/mol. The molecule has 138 valence electrons. The van der Waals surface area contributed by atoms with E-state index in [9.17, 15) is 20.1 Å². The van der Waals surface area contributed by atoms with Crippen molar-refractivity contribution >= 4 is 40.4 Å². The van der Waals surface area contributed by atoms with Crippen LogP contribution >= 0.6 is 11.6 Å². The molecule has 2 aromatic carbocycles. The van der Waals surface area contributed by atoms with E-state index >= 15 is 0 Å². The number of phenols is 3. The molecule has 0 saturated heterocycles. The van der Waals surface area contributed by atoms with Crippen molar-refractivity contribution in [3.8, 4) is 23.0 Å². The van der Waals surface area contributed by atoms with Crippen molar-refractivity contribution in [2.75, 3.05) is 7.11 Å². The molecule has 6 nitrogen and oxygen atoms in total. The highest BCUT2D eigenvalue weighted by Crippen LogP contribution is 2.37. The van der Waals surface area contributed by atoms with E-state index in [1.807, 2.05) is 0 Å². The number of hydrogen-bond donors (Lipinski definition) is 3. The summed E-state index contributed by atoms with van der Waals surface area (Å²) in [5, 5.41) is 30.2. The maximum absolute atomic E-state index is 11.8. The summed E-state index contributed by atoms with van der Waals surface area (Å²) >= 11 is 6.00. The van der Waals surface area contributed by atoms with Crippen LogP contribution in [0.4, 0.5) is 0 Å². The van der Waals surface area contributed by atoms with Crippen LogP contribution in [0.3, 0.4) is 0 Å². The zero-order valence-electron chi connectivity index (χ0n) is 14.5. The molecule has 7 heteroatoms. The number of nitrogens with zero attached hydrogens (tertiary/aromatic N) is 1. The Bertz CT molecular complexity index is 1090. The highest BCUT2D eigenvalue weighted by atomic mass is 35.5. The van der Waals surface area contributed by atoms with E-state index in [1.165, 1.54) is 26.2 Å². The number of carbonyl (C=O) groups excluding carboxylic acids is 1. The third-order valence-electron chi connectivity index (χ3n) is 4.05. The van der Waals surface area contributed by atoms with Crippen LogP contribution in [-0.2, 0) is 0 Å². The molecule has 27 heavy (non-hydrogen) atoms. The van der Waals surface area contributed by atoms with E-state index < -0.39 is 0 Å². The lowest BCUT2D eigenvalue weighted by Gasteiger charge is -2.08. The molecule has 0 aliphatic carbocycles. The molecule has 0 saturated carbocycles. The van der Waals surface area contributed by atoms with Gasteiger partial charge in [0, 0.05) is 10.9 Å². The number of aromatic nitrogens is 1. The molecule has 3 N–H and O–H groups in total. The van der Waals surface area contributed by atoms with Crippen molar-refractivity contribution < 1.29 is 24.9 Å². The summed E-state index contributed by atoms with van der Waals surface area (Å²) in [6.45, 7) is 1.42. The first-order chi connectivity index (χ1) is 12.8. The van der Waals surface area contributed by atoms with E-state index in [4.69, 9.17) is 16.3 Å². The van der Waals surface area contributed by atoms with Gasteiger partial charge in [-0.25, -0.2) is 4.98 Å². The Labute approximate surface area is 159 Å². The van der Waals surface area contributed by atoms with E-state index in [1.54, 1.807) is 30.4 Å². The molecule has 1 heterocycles. The molecule has 0 atom stereocenters. The van der Waals surface area contributed by atoms with Crippen molar-refractivity contribution in [3.05, 3.63) is 52.2 Å². The molecule has 0 radical (unpaired) electrons. The van der Waals surface area contributed by atoms with E-state index in [0.29, 0.717) is 22.2 Å². The van der Waals surface area contributed by atoms with Crippen LogP contribution in [0, 0.1) is 0 Å². The fourth-order valence-corrected chi connectivity index (χ4v) is 2.89. The first-order valence-corrected chi connectivity index (χ1v) is 8.30. The number of carbonyl (C=O) groups is 1. The number of aromatic hydroxyl groups is 3. The minimum absolute atomic E-state index is 0.0505. The highest BCUT2D eigenvalue weighted by molar-refractivity contribution is 6.34. The summed E-state index contributed by atoms with van der Waals surface area (Å²) in [5.74, 6) is -0.892. The van der Waals surface area contributed by atoms with Gasteiger partial charge in [-0.15, -0.1) is 0 Å². The monoisotopic (exact) mass is 385 g/mol. The zero-order valence-corrected chi connectivity index (χ0v) is 15.3. The van der Waals surface area contributed by atoms with Gasteiger partial charge in [0.05, 0.1) is 17.8 Å². The minimum atomic E-state index is -0.338. The Morgan fingerprint density at radius 1 is 1.11 bits per heavy atom. The number of ether oxygens (including phenoxy) is 1. The lowest BCUT2D eigenvalue weighted by molar-refractivity contribution is 0.101. The van der Waals surface area contributed by atoms with Gasteiger partial charge in [-0.3, -0.25) is 4.79 Å². The number of rotatable bonds is 4. The Hall–Kier alpha value is -3.25. The van der Waals surface area contributed by atoms with Crippen LogP contribution in [-0.4, -0.2) is 33.2 Å². The number of benzene rings is 2. The number of Topliss-reactive ketones (excluding diaryl/α,β-unsaturated/α-hetero) is 1. The average Bonchev–Trinajstić information content (AvgIpc) is 2.65. The van der Waals surface area contributed by atoms with Gasteiger partial charge in [-0.05, 0) is 48.9 Å². The predicted octanol–water partition coefficient (Wildman–Crippen LogP) is 4.39. The van der Waals surface area contributed by atoms with Crippen molar-refractivity contribution in [3.63, 3.8) is 0 Å². The third kappa shape index (κ3) is 3.52. The van der Waals surface area contributed by atoms with E-state index in [-0.39, 0.29) is 39.3 Å². The van der Waals surface area contributed by atoms with Gasteiger partial charge in [0.1, 0.15) is 5.52 Å². The van der Waals surface area contributed by atoms with Gasteiger partial charge >= 0.3 is 0 Å². The van der Waals surface area contributed by atoms with Gasteiger partial charge in [0.15, 0.2) is 23.0 Å². The topological polar surface area (TPSA) is 99.9 Å². The first kappa shape index (κ1) is 18.5. The predicted molar refractivity (Wildman–Crippen MR) is 104 cm³/mol. The SMILES string of the molecule is COc1cc(C=Cc2ccc3c(C(C)=O)cc(Cl)c(O)c3n2)cc(O)c1O. The summed E-state index contributed by atoms with van der Waals surface area (Å²) in [4.78, 5) is 16.2. The van der Waals surface area contributed by atoms with Crippen molar-refractivity contribution in [1.82, 2.24) is 4.98 Å². The molecular formula is C20H16ClNO5. The second kappa shape index (κ2) is 7.17. The van der Waals surface area contributed by atoms with Crippen LogP contribution in [0.5, 0.6) is 23.0 Å². The average molecular weight is 386 g/mol. The lowest BCUT2D eigenvalue weighted by Crippen LogP contribution is -1.96. The minimum Gasteiger partial charge on any atom is -0.504 e. The van der Waals surface area contributed by atoms with Gasteiger partial charge < -0.3 is 20.1 Å². The Morgan fingerprint density at radius 3 is 2.52 bits per heavy atom. The number of methoxy groups -OCH3 is 1. The number of halogens is 1. The van der Waals surface area contributed by atoms with Crippen molar-refractivity contribution in [2.24, 2.45) is 0 Å². The molecule has 1 aromatic heterocycles. The molecule has 3 rings (SSSR count). The third-order valence-corrected chi connectivity index (χ3v) is 4.34. The fraction of sp³-hybridized carbons (Fsp3) is 0.100. The number of phenolic OH excluding ortho intramolecular Hbond substituents is 3. The zero-order chi connectivity index (χ0) is 19.7. The Morgan fingerprint density at radius 2 is 1.85 bits per heavy atom. The first-order valence-electron chi connectivity index (χ1n) is 7.93. The van der Waals surface area contributed by atoms with Gasteiger partial charge in [0.2, 0.25) is 5.75 Å². The number of fused-ring (bicyclic) bond motifs is 1. The molecule has 0 amide bonds. The maximum atomic E-state index is 11.8. The molecule has 0 unspecified atom stereocenters. The molecule has 0 aliphatic heterocycles. The number of hydrogen-bond acceptors (Lipinski definition) is 6. The van der Waals surface area contributed by atoms with Crippen LogP contribution in [0.2, 0.25) is 5.02 Å². The van der Waals surface area contributed by atoms with Gasteiger partial charge in [0.25, 0.3) is 0 Å². The molecule has 0 bridgehead atoms. The summed E-state index contributed by atoms with van der Waals surface area (Å²) in [7, 11) is 1.38. The lowest BCUT2D eigenvalue weighted by atomic mass is 10.0. The van der Waals surface area contributed by atoms with Gasteiger partial charge in [-0.2, -0.15) is 0 Å². The summed E-state index contributed by atoms with van der Waals surface area (Å²) in [6.07, 6.45) is 3.31. The summed E-state index contributed by atoms with van der Waals surface area (Å²) in [6, 6.07) is 7.72. The second-order valence-corrected chi connectivity index (χ2v) is 6.27. The van der Waals surface area contributed by atoms with Crippen LogP contribution in [0.25, 0.3) is 23.1 Å². The van der Waals surface area contributed by atoms with Crippen molar-refractivity contribution in [2.45, 2.75) is 6.92 Å². The van der Waals surface area contributed by atoms with Crippen molar-refractivity contribution in [1.29, 1.82) is 0 Å². The molecule has 0 spiro atoms. The largest absolute Gasteiger partial charge is 0.504 e. The molecule has 0 fully saturated rings.